The average molecular weight is 458 g/mol. The Bertz CT molecular complexity index is 1000. The molecule has 0 saturated heterocycles. The molecule has 0 fully saturated rings. The predicted octanol–water partition coefficient (Wildman–Crippen LogP) is 4.62. The summed E-state index contributed by atoms with van der Waals surface area (Å²) in [5, 5.41) is 22.2. The van der Waals surface area contributed by atoms with Gasteiger partial charge in [-0.2, -0.15) is 4.73 Å². The van der Waals surface area contributed by atoms with Crippen molar-refractivity contribution in [3.63, 3.8) is 0 Å². The number of hydrogen-bond acceptors (Lipinski definition) is 6. The van der Waals surface area contributed by atoms with Crippen LogP contribution in [0.2, 0.25) is 0 Å². The van der Waals surface area contributed by atoms with Crippen molar-refractivity contribution in [1.82, 2.24) is 0 Å². The topological polar surface area (TPSA) is 99.8 Å². The van der Waals surface area contributed by atoms with E-state index in [4.69, 9.17) is 9.47 Å². The van der Waals surface area contributed by atoms with E-state index in [0.717, 1.165) is 23.7 Å². The van der Waals surface area contributed by atoms with Crippen LogP contribution in [0.25, 0.3) is 0 Å². The highest BCUT2D eigenvalue weighted by Gasteiger charge is 2.32. The smallest absolute Gasteiger partial charge is 0.309 e. The van der Waals surface area contributed by atoms with Gasteiger partial charge in [0.15, 0.2) is 11.9 Å². The fourth-order valence-electron chi connectivity index (χ4n) is 4.24. The second-order valence-corrected chi connectivity index (χ2v) is 8.85. The number of pyridine rings is 1. The number of ketones is 1. The molecular formula is C26H35NO6. The zero-order chi connectivity index (χ0) is 24.9. The SMILES string of the molecule is CCC(C)[C@H](c1ccc(C)cc1C)[C@H](C)OC(=O)[C@H](C)CC(=O)c1c(O)c(OC)cc[n+]1[O-]. The minimum atomic E-state index is -0.790. The summed E-state index contributed by atoms with van der Waals surface area (Å²) in [6, 6.07) is 7.55. The first-order valence-corrected chi connectivity index (χ1v) is 11.3. The van der Waals surface area contributed by atoms with Gasteiger partial charge in [0.2, 0.25) is 11.5 Å². The van der Waals surface area contributed by atoms with Crippen LogP contribution in [0.3, 0.4) is 0 Å². The number of rotatable bonds is 10. The highest BCUT2D eigenvalue weighted by atomic mass is 16.5. The summed E-state index contributed by atoms with van der Waals surface area (Å²) in [6.07, 6.45) is 1.33. The van der Waals surface area contributed by atoms with Crippen molar-refractivity contribution < 1.29 is 28.9 Å². The zero-order valence-electron chi connectivity index (χ0n) is 20.5. The molecule has 180 valence electrons. The molecule has 1 heterocycles. The van der Waals surface area contributed by atoms with Crippen molar-refractivity contribution in [2.24, 2.45) is 11.8 Å². The summed E-state index contributed by atoms with van der Waals surface area (Å²) in [7, 11) is 1.32. The van der Waals surface area contributed by atoms with Gasteiger partial charge in [0.05, 0.1) is 13.0 Å². The fraction of sp³-hybridized carbons (Fsp3) is 0.500. The highest BCUT2D eigenvalue weighted by molar-refractivity contribution is 5.98. The molecule has 0 aliphatic carbocycles. The molecular weight excluding hydrogens is 422 g/mol. The molecule has 1 unspecified atom stereocenters. The predicted molar refractivity (Wildman–Crippen MR) is 125 cm³/mol. The summed E-state index contributed by atoms with van der Waals surface area (Å²) in [5.74, 6) is -2.21. The molecule has 0 bridgehead atoms. The van der Waals surface area contributed by atoms with Crippen molar-refractivity contribution in [3.05, 3.63) is 58.1 Å². The second kappa shape index (κ2) is 11.2. The van der Waals surface area contributed by atoms with Gasteiger partial charge in [-0.15, -0.1) is 0 Å². The Labute approximate surface area is 195 Å². The van der Waals surface area contributed by atoms with Crippen LogP contribution in [0.15, 0.2) is 30.5 Å². The lowest BCUT2D eigenvalue weighted by Crippen LogP contribution is -2.36. The number of methoxy groups -OCH3 is 1. The standard InChI is InChI=1S/C26H35NO6/c1-8-16(3)23(20-10-9-15(2)13-17(20)4)19(6)33-26(30)18(5)14-21(28)24-25(29)22(32-7)11-12-27(24)31/h9-13,16,18-19,23,29H,8,14H2,1-7H3/t16?,18-,19+,23+/m1/s1. The van der Waals surface area contributed by atoms with Crippen molar-refractivity contribution in [1.29, 1.82) is 0 Å². The van der Waals surface area contributed by atoms with Crippen molar-refractivity contribution >= 4 is 11.8 Å². The number of carbonyl (C=O) groups excluding carboxylic acids is 2. The molecule has 0 aliphatic heterocycles. The minimum absolute atomic E-state index is 0.00804. The maximum absolute atomic E-state index is 12.9. The Hall–Kier alpha value is -3.09. The van der Waals surface area contributed by atoms with Gasteiger partial charge in [0.1, 0.15) is 6.10 Å². The highest BCUT2D eigenvalue weighted by Crippen LogP contribution is 2.35. The van der Waals surface area contributed by atoms with Crippen molar-refractivity contribution in [2.75, 3.05) is 7.11 Å². The lowest BCUT2D eigenvalue weighted by molar-refractivity contribution is -0.608. The number of esters is 1. The molecule has 1 aromatic carbocycles. The van der Waals surface area contributed by atoms with Gasteiger partial charge < -0.3 is 19.8 Å². The van der Waals surface area contributed by atoms with Gasteiger partial charge in [-0.1, -0.05) is 51.0 Å². The summed E-state index contributed by atoms with van der Waals surface area (Å²) < 4.78 is 11.1. The molecule has 2 aromatic rings. The van der Waals surface area contributed by atoms with Crippen molar-refractivity contribution in [3.8, 4) is 11.5 Å². The Balaban J connectivity index is 2.18. The first-order valence-electron chi connectivity index (χ1n) is 11.3. The monoisotopic (exact) mass is 457 g/mol. The average Bonchev–Trinajstić information content (AvgIpc) is 2.75. The van der Waals surface area contributed by atoms with Crippen LogP contribution in [0.5, 0.6) is 11.5 Å². The number of benzene rings is 1. The van der Waals surface area contributed by atoms with Gasteiger partial charge >= 0.3 is 11.7 Å². The van der Waals surface area contributed by atoms with Crippen LogP contribution in [0, 0.1) is 30.9 Å². The van der Waals surface area contributed by atoms with E-state index in [2.05, 4.69) is 39.0 Å². The van der Waals surface area contributed by atoms with E-state index in [1.165, 1.54) is 18.7 Å². The van der Waals surface area contributed by atoms with Crippen LogP contribution in [0.1, 0.15) is 73.6 Å². The largest absolute Gasteiger partial charge is 0.618 e. The molecule has 0 spiro atoms. The van der Waals surface area contributed by atoms with E-state index in [1.54, 1.807) is 6.92 Å². The molecule has 0 aliphatic rings. The van der Waals surface area contributed by atoms with Gasteiger partial charge in [-0.05, 0) is 37.8 Å². The Morgan fingerprint density at radius 3 is 2.39 bits per heavy atom. The van der Waals surface area contributed by atoms with E-state index >= 15 is 0 Å². The summed E-state index contributed by atoms with van der Waals surface area (Å²) in [6.45, 7) is 11.8. The number of aromatic nitrogens is 1. The molecule has 1 N–H and O–H groups in total. The van der Waals surface area contributed by atoms with Gasteiger partial charge in [0.25, 0.3) is 0 Å². The first kappa shape index (κ1) is 26.2. The molecule has 1 aromatic heterocycles. The molecule has 7 heteroatoms. The number of aryl methyl sites for hydroxylation is 2. The summed E-state index contributed by atoms with van der Waals surface area (Å²) >= 11 is 0. The third kappa shape index (κ3) is 6.03. The fourth-order valence-corrected chi connectivity index (χ4v) is 4.24. The Kier molecular flexibility index (Phi) is 8.85. The number of Topliss-reactive ketones (excluding diaryl/α,β-unsaturated/α-hetero) is 1. The van der Waals surface area contributed by atoms with Crippen LogP contribution < -0.4 is 9.47 Å². The quantitative estimate of drug-likeness (QED) is 0.242. The number of carbonyl (C=O) groups is 2. The summed E-state index contributed by atoms with van der Waals surface area (Å²) in [5.41, 5.74) is 3.02. The Morgan fingerprint density at radius 1 is 1.15 bits per heavy atom. The van der Waals surface area contributed by atoms with E-state index in [1.807, 2.05) is 13.8 Å². The van der Waals surface area contributed by atoms with Gasteiger partial charge in [-0.25, -0.2) is 0 Å². The maximum atomic E-state index is 12.9. The lowest BCUT2D eigenvalue weighted by Gasteiger charge is -2.31. The van der Waals surface area contributed by atoms with Crippen LogP contribution in [0.4, 0.5) is 0 Å². The van der Waals surface area contributed by atoms with E-state index in [0.29, 0.717) is 0 Å². The summed E-state index contributed by atoms with van der Waals surface area (Å²) in [4.78, 5) is 25.5. The minimum Gasteiger partial charge on any atom is -0.618 e. The molecule has 33 heavy (non-hydrogen) atoms. The molecule has 2 rings (SSSR count). The number of aromatic hydroxyl groups is 1. The number of nitrogens with zero attached hydrogens (tertiary/aromatic N) is 1. The molecule has 7 nitrogen and oxygen atoms in total. The van der Waals surface area contributed by atoms with E-state index in [9.17, 15) is 19.9 Å². The van der Waals surface area contributed by atoms with E-state index in [-0.39, 0.29) is 28.7 Å². The number of hydrogen-bond donors (Lipinski definition) is 1. The molecule has 0 amide bonds. The third-order valence-corrected chi connectivity index (χ3v) is 6.27. The van der Waals surface area contributed by atoms with Crippen LogP contribution in [-0.2, 0) is 9.53 Å². The zero-order valence-corrected chi connectivity index (χ0v) is 20.5. The third-order valence-electron chi connectivity index (χ3n) is 6.27. The maximum Gasteiger partial charge on any atom is 0.309 e. The van der Waals surface area contributed by atoms with Gasteiger partial charge in [-0.3, -0.25) is 9.59 Å². The Morgan fingerprint density at radius 2 is 1.82 bits per heavy atom. The number of ether oxygens (including phenoxy) is 2. The van der Waals surface area contributed by atoms with E-state index < -0.39 is 35.2 Å². The van der Waals surface area contributed by atoms with Crippen molar-refractivity contribution in [2.45, 2.75) is 66.4 Å². The molecule has 0 saturated carbocycles. The normalized spacial score (nSPS) is 14.8. The first-order chi connectivity index (χ1) is 15.5. The van der Waals surface area contributed by atoms with Gasteiger partial charge in [0, 0.05) is 18.4 Å². The van der Waals surface area contributed by atoms with Crippen LogP contribution >= 0.6 is 0 Å². The lowest BCUT2D eigenvalue weighted by atomic mass is 9.80. The molecule has 0 radical (unpaired) electrons. The van der Waals surface area contributed by atoms with Crippen LogP contribution in [-0.4, -0.2) is 30.1 Å². The molecule has 4 atom stereocenters. The second-order valence-electron chi connectivity index (χ2n) is 8.85.